The molecule has 5 heteroatoms. The number of hydrogen-bond donors (Lipinski definition) is 2. The van der Waals surface area contributed by atoms with E-state index in [0.29, 0.717) is 10.4 Å². The molecule has 0 amide bonds. The Hall–Kier alpha value is -0.680. The average Bonchev–Trinajstić information content (AvgIpc) is 2.25. The van der Waals surface area contributed by atoms with Crippen LogP contribution in [0.4, 0.5) is 0 Å². The maximum absolute atomic E-state index is 11.1. The second-order valence-corrected chi connectivity index (χ2v) is 4.81. The van der Waals surface area contributed by atoms with E-state index in [2.05, 4.69) is 31.4 Å². The van der Waals surface area contributed by atoms with Crippen LogP contribution in [-0.4, -0.2) is 23.3 Å². The Balaban J connectivity index is 2.03. The van der Waals surface area contributed by atoms with E-state index in [9.17, 15) is 4.79 Å². The van der Waals surface area contributed by atoms with Crippen molar-refractivity contribution in [3.8, 4) is 0 Å². The zero-order valence-electron chi connectivity index (χ0n) is 8.42. The molecule has 4 nitrogen and oxygen atoms in total. The molecule has 2 heterocycles. The van der Waals surface area contributed by atoms with Crippen molar-refractivity contribution in [3.63, 3.8) is 0 Å². The summed E-state index contributed by atoms with van der Waals surface area (Å²) in [6.45, 7) is 2.18. The minimum atomic E-state index is -0.166. The van der Waals surface area contributed by atoms with Gasteiger partial charge in [0.1, 0.15) is 0 Å². The van der Waals surface area contributed by atoms with Gasteiger partial charge in [-0.25, -0.2) is 5.10 Å². The fourth-order valence-electron chi connectivity index (χ4n) is 1.92. The average molecular weight is 272 g/mol. The smallest absolute Gasteiger partial charge is 0.278 e. The molecule has 1 fully saturated rings. The summed E-state index contributed by atoms with van der Waals surface area (Å²) in [6.07, 6.45) is 3.41. The van der Waals surface area contributed by atoms with Crippen LogP contribution in [0.3, 0.4) is 0 Å². The Labute approximate surface area is 96.6 Å². The van der Waals surface area contributed by atoms with Crippen LogP contribution in [0.2, 0.25) is 0 Å². The number of nitrogens with one attached hydrogen (secondary N) is 2. The van der Waals surface area contributed by atoms with Crippen molar-refractivity contribution in [1.82, 2.24) is 15.5 Å². The number of halogens is 1. The van der Waals surface area contributed by atoms with Crippen molar-refractivity contribution in [1.29, 1.82) is 0 Å². The van der Waals surface area contributed by atoms with Crippen LogP contribution in [0.5, 0.6) is 0 Å². The van der Waals surface area contributed by atoms with Crippen LogP contribution in [0.1, 0.15) is 18.5 Å². The Bertz CT molecular complexity index is 384. The molecule has 1 atom stereocenters. The van der Waals surface area contributed by atoms with E-state index in [4.69, 9.17) is 0 Å². The molecule has 0 bridgehead atoms. The van der Waals surface area contributed by atoms with E-state index in [0.717, 1.165) is 25.2 Å². The second kappa shape index (κ2) is 4.90. The molecule has 0 aliphatic carbocycles. The van der Waals surface area contributed by atoms with Gasteiger partial charge in [-0.2, -0.15) is 5.10 Å². The van der Waals surface area contributed by atoms with Gasteiger partial charge in [0, 0.05) is 0 Å². The second-order valence-electron chi connectivity index (χ2n) is 3.95. The lowest BCUT2D eigenvalue weighted by Gasteiger charge is -2.22. The standard InChI is InChI=1S/C10H14BrN3O/c11-9-5-8(13-14-10(9)15)4-7-2-1-3-12-6-7/h5,7,12H,1-4,6H2,(H,14,15). The van der Waals surface area contributed by atoms with Gasteiger partial charge in [-0.15, -0.1) is 0 Å². The summed E-state index contributed by atoms with van der Waals surface area (Å²) in [4.78, 5) is 11.1. The number of hydrogen-bond acceptors (Lipinski definition) is 3. The van der Waals surface area contributed by atoms with Gasteiger partial charge in [0.25, 0.3) is 5.56 Å². The summed E-state index contributed by atoms with van der Waals surface area (Å²) in [5.41, 5.74) is 0.788. The number of H-pyrrole nitrogens is 1. The van der Waals surface area contributed by atoms with E-state index in [1.54, 1.807) is 0 Å². The highest BCUT2D eigenvalue weighted by molar-refractivity contribution is 9.10. The van der Waals surface area contributed by atoms with Crippen LogP contribution >= 0.6 is 15.9 Å². The first kappa shape index (κ1) is 10.8. The molecule has 1 aliphatic rings. The predicted molar refractivity (Wildman–Crippen MR) is 61.9 cm³/mol. The van der Waals surface area contributed by atoms with Gasteiger partial charge in [-0.05, 0) is 60.3 Å². The van der Waals surface area contributed by atoms with E-state index in [-0.39, 0.29) is 5.56 Å². The summed E-state index contributed by atoms with van der Waals surface area (Å²) >= 11 is 3.21. The lowest BCUT2D eigenvalue weighted by atomic mass is 9.95. The molecule has 0 spiro atoms. The summed E-state index contributed by atoms with van der Waals surface area (Å²) in [5, 5.41) is 9.89. The molecule has 1 aliphatic heterocycles. The molecule has 1 aromatic heterocycles. The quantitative estimate of drug-likeness (QED) is 0.846. The summed E-state index contributed by atoms with van der Waals surface area (Å²) in [5.74, 6) is 0.643. The maximum atomic E-state index is 11.1. The molecule has 1 saturated heterocycles. The molecular weight excluding hydrogens is 258 g/mol. The topological polar surface area (TPSA) is 57.8 Å². The van der Waals surface area contributed by atoms with Crippen LogP contribution in [0.25, 0.3) is 0 Å². The SMILES string of the molecule is O=c1[nH]nc(CC2CCCNC2)cc1Br. The molecule has 1 aromatic rings. The van der Waals surface area contributed by atoms with E-state index in [1.807, 2.05) is 6.07 Å². The third kappa shape index (κ3) is 2.89. The van der Waals surface area contributed by atoms with E-state index in [1.165, 1.54) is 12.8 Å². The van der Waals surface area contributed by atoms with Gasteiger partial charge >= 0.3 is 0 Å². The van der Waals surface area contributed by atoms with Gasteiger partial charge in [0.2, 0.25) is 0 Å². The molecule has 2 N–H and O–H groups in total. The van der Waals surface area contributed by atoms with Crippen molar-refractivity contribution < 1.29 is 0 Å². The molecule has 1 unspecified atom stereocenters. The Morgan fingerprint density at radius 2 is 2.47 bits per heavy atom. The zero-order valence-corrected chi connectivity index (χ0v) is 10.0. The summed E-state index contributed by atoms with van der Waals surface area (Å²) in [6, 6.07) is 1.81. The molecule has 0 saturated carbocycles. The van der Waals surface area contributed by atoms with Gasteiger partial charge in [0.05, 0.1) is 10.2 Å². The molecule has 2 rings (SSSR count). The fraction of sp³-hybridized carbons (Fsp3) is 0.600. The van der Waals surface area contributed by atoms with Gasteiger partial charge < -0.3 is 5.32 Å². The van der Waals surface area contributed by atoms with Gasteiger partial charge in [-0.3, -0.25) is 4.79 Å². The Morgan fingerprint density at radius 1 is 1.60 bits per heavy atom. The lowest BCUT2D eigenvalue weighted by molar-refractivity contribution is 0.372. The van der Waals surface area contributed by atoms with E-state index >= 15 is 0 Å². The Morgan fingerprint density at radius 3 is 3.13 bits per heavy atom. The number of piperidine rings is 1. The summed E-state index contributed by atoms with van der Waals surface area (Å²) in [7, 11) is 0. The van der Waals surface area contributed by atoms with Crippen molar-refractivity contribution in [2.45, 2.75) is 19.3 Å². The van der Waals surface area contributed by atoms with Crippen molar-refractivity contribution in [2.24, 2.45) is 5.92 Å². The third-order valence-corrected chi connectivity index (χ3v) is 3.30. The highest BCUT2D eigenvalue weighted by atomic mass is 79.9. The lowest BCUT2D eigenvalue weighted by Crippen LogP contribution is -2.31. The van der Waals surface area contributed by atoms with E-state index < -0.39 is 0 Å². The molecule has 15 heavy (non-hydrogen) atoms. The van der Waals surface area contributed by atoms with Crippen molar-refractivity contribution in [3.05, 3.63) is 26.6 Å². The first-order valence-electron chi connectivity index (χ1n) is 5.20. The first-order valence-corrected chi connectivity index (χ1v) is 6.00. The summed E-state index contributed by atoms with van der Waals surface area (Å²) < 4.78 is 0.566. The number of aromatic amines is 1. The van der Waals surface area contributed by atoms with Gasteiger partial charge in [0.15, 0.2) is 0 Å². The number of aromatic nitrogens is 2. The molecule has 0 aromatic carbocycles. The minimum absolute atomic E-state index is 0.166. The highest BCUT2D eigenvalue weighted by Gasteiger charge is 2.14. The monoisotopic (exact) mass is 271 g/mol. The predicted octanol–water partition coefficient (Wildman–Crippen LogP) is 1.07. The van der Waals surface area contributed by atoms with Crippen LogP contribution in [-0.2, 0) is 6.42 Å². The molecular formula is C10H14BrN3O. The molecule has 0 radical (unpaired) electrons. The fourth-order valence-corrected chi connectivity index (χ4v) is 2.27. The zero-order chi connectivity index (χ0) is 10.7. The van der Waals surface area contributed by atoms with Crippen molar-refractivity contribution >= 4 is 15.9 Å². The maximum Gasteiger partial charge on any atom is 0.278 e. The molecule has 82 valence electrons. The normalized spacial score (nSPS) is 21.5. The Kier molecular flexibility index (Phi) is 3.53. The van der Waals surface area contributed by atoms with Crippen LogP contribution < -0.4 is 10.9 Å². The minimum Gasteiger partial charge on any atom is -0.316 e. The van der Waals surface area contributed by atoms with Gasteiger partial charge in [-0.1, -0.05) is 0 Å². The van der Waals surface area contributed by atoms with Crippen LogP contribution in [0.15, 0.2) is 15.3 Å². The third-order valence-electron chi connectivity index (χ3n) is 2.71. The number of nitrogens with zero attached hydrogens (tertiary/aromatic N) is 1. The van der Waals surface area contributed by atoms with Crippen LogP contribution in [0, 0.1) is 5.92 Å². The largest absolute Gasteiger partial charge is 0.316 e. The first-order chi connectivity index (χ1) is 7.25. The number of rotatable bonds is 2. The highest BCUT2D eigenvalue weighted by Crippen LogP contribution is 2.15. The van der Waals surface area contributed by atoms with Crippen molar-refractivity contribution in [2.75, 3.05) is 13.1 Å².